The molecule has 0 saturated carbocycles. The van der Waals surface area contributed by atoms with Gasteiger partial charge in [-0.05, 0) is 48.4 Å². The standard InChI is InChI=1S/C19H17F3N2O/c20-19(21,22)16-5-3-14(4-6-16)15-9-18(12-25)24(11-15)17-7-1-13(10-23)2-8-17/h1-8,15,18,25H,9,11-12H2/t15?,18-/m0/s1. The molecule has 1 N–H and O–H groups in total. The molecule has 2 aromatic rings. The number of anilines is 1. The maximum atomic E-state index is 12.7. The van der Waals surface area contributed by atoms with Gasteiger partial charge in [0.25, 0.3) is 0 Å². The van der Waals surface area contributed by atoms with E-state index in [1.807, 2.05) is 17.0 Å². The maximum absolute atomic E-state index is 12.7. The van der Waals surface area contributed by atoms with Crippen molar-refractivity contribution in [2.45, 2.75) is 24.6 Å². The minimum Gasteiger partial charge on any atom is -0.394 e. The zero-order chi connectivity index (χ0) is 18.0. The van der Waals surface area contributed by atoms with Crippen LogP contribution >= 0.6 is 0 Å². The average molecular weight is 346 g/mol. The fourth-order valence-corrected chi connectivity index (χ4v) is 3.32. The van der Waals surface area contributed by atoms with Crippen molar-refractivity contribution < 1.29 is 18.3 Å². The van der Waals surface area contributed by atoms with Crippen LogP contribution in [0.5, 0.6) is 0 Å². The average Bonchev–Trinajstić information content (AvgIpc) is 3.05. The molecule has 0 spiro atoms. The molecule has 1 fully saturated rings. The van der Waals surface area contributed by atoms with E-state index in [0.717, 1.165) is 23.4 Å². The number of hydrogen-bond acceptors (Lipinski definition) is 3. The highest BCUT2D eigenvalue weighted by atomic mass is 19.4. The highest BCUT2D eigenvalue weighted by Gasteiger charge is 2.34. The molecule has 130 valence electrons. The van der Waals surface area contributed by atoms with Gasteiger partial charge in [-0.2, -0.15) is 18.4 Å². The number of nitrogens with zero attached hydrogens (tertiary/aromatic N) is 2. The second-order valence-electron chi connectivity index (χ2n) is 6.20. The third-order valence-corrected chi connectivity index (χ3v) is 4.66. The second kappa shape index (κ2) is 6.77. The summed E-state index contributed by atoms with van der Waals surface area (Å²) in [5.41, 5.74) is 1.63. The van der Waals surface area contributed by atoms with Crippen molar-refractivity contribution in [2.75, 3.05) is 18.1 Å². The van der Waals surface area contributed by atoms with Crippen LogP contribution in [0.4, 0.5) is 18.9 Å². The van der Waals surface area contributed by atoms with Crippen LogP contribution in [0, 0.1) is 11.3 Å². The normalized spacial score (nSPS) is 20.5. The van der Waals surface area contributed by atoms with E-state index in [9.17, 15) is 18.3 Å². The Morgan fingerprint density at radius 3 is 2.24 bits per heavy atom. The van der Waals surface area contributed by atoms with Crippen LogP contribution in [-0.4, -0.2) is 24.3 Å². The Bertz CT molecular complexity index is 763. The Morgan fingerprint density at radius 1 is 1.08 bits per heavy atom. The third-order valence-electron chi connectivity index (χ3n) is 4.66. The molecule has 0 aliphatic carbocycles. The van der Waals surface area contributed by atoms with Crippen molar-refractivity contribution in [3.8, 4) is 6.07 Å². The highest BCUT2D eigenvalue weighted by molar-refractivity contribution is 5.52. The second-order valence-corrected chi connectivity index (χ2v) is 6.20. The van der Waals surface area contributed by atoms with Gasteiger partial charge >= 0.3 is 6.18 Å². The van der Waals surface area contributed by atoms with Crippen LogP contribution in [0.3, 0.4) is 0 Å². The van der Waals surface area contributed by atoms with Gasteiger partial charge < -0.3 is 10.0 Å². The lowest BCUT2D eigenvalue weighted by Gasteiger charge is -2.25. The van der Waals surface area contributed by atoms with Gasteiger partial charge in [0.2, 0.25) is 0 Å². The van der Waals surface area contributed by atoms with E-state index in [0.29, 0.717) is 18.5 Å². The van der Waals surface area contributed by atoms with Gasteiger partial charge in [0.1, 0.15) is 0 Å². The first kappa shape index (κ1) is 17.3. The summed E-state index contributed by atoms with van der Waals surface area (Å²) in [5, 5.41) is 18.5. The Labute approximate surface area is 143 Å². The monoisotopic (exact) mass is 346 g/mol. The fraction of sp³-hybridized carbons (Fsp3) is 0.316. The molecule has 1 unspecified atom stereocenters. The molecule has 1 saturated heterocycles. The van der Waals surface area contributed by atoms with Crippen LogP contribution in [-0.2, 0) is 6.18 Å². The first-order chi connectivity index (χ1) is 11.9. The van der Waals surface area contributed by atoms with E-state index >= 15 is 0 Å². The predicted molar refractivity (Wildman–Crippen MR) is 88.2 cm³/mol. The molecule has 1 heterocycles. The van der Waals surface area contributed by atoms with E-state index in [1.165, 1.54) is 12.1 Å². The topological polar surface area (TPSA) is 47.3 Å². The minimum absolute atomic E-state index is 0.0306. The smallest absolute Gasteiger partial charge is 0.394 e. The number of alkyl halides is 3. The first-order valence-corrected chi connectivity index (χ1v) is 7.97. The SMILES string of the molecule is N#Cc1ccc(N2CC(c3ccc(C(F)(F)F)cc3)C[C@H]2CO)cc1. The van der Waals surface area contributed by atoms with Gasteiger partial charge in [0.15, 0.2) is 0 Å². The van der Waals surface area contributed by atoms with Crippen molar-refractivity contribution in [1.29, 1.82) is 5.26 Å². The molecule has 3 nitrogen and oxygen atoms in total. The number of halogens is 3. The van der Waals surface area contributed by atoms with Gasteiger partial charge in [-0.3, -0.25) is 0 Å². The molecule has 0 radical (unpaired) electrons. The summed E-state index contributed by atoms with van der Waals surface area (Å²) in [6, 6.07) is 14.3. The summed E-state index contributed by atoms with van der Waals surface area (Å²) in [6.07, 6.45) is -3.67. The van der Waals surface area contributed by atoms with Gasteiger partial charge in [-0.15, -0.1) is 0 Å². The number of rotatable bonds is 3. The zero-order valence-corrected chi connectivity index (χ0v) is 13.4. The van der Waals surface area contributed by atoms with Crippen LogP contribution in [0.25, 0.3) is 0 Å². The molecular weight excluding hydrogens is 329 g/mol. The number of nitriles is 1. The van der Waals surface area contributed by atoms with Crippen molar-refractivity contribution in [3.05, 3.63) is 65.2 Å². The maximum Gasteiger partial charge on any atom is 0.416 e. The van der Waals surface area contributed by atoms with E-state index in [2.05, 4.69) is 6.07 Å². The third kappa shape index (κ3) is 3.62. The van der Waals surface area contributed by atoms with Gasteiger partial charge in [0.05, 0.1) is 29.8 Å². The largest absolute Gasteiger partial charge is 0.416 e. The van der Waals surface area contributed by atoms with Crippen LogP contribution < -0.4 is 4.90 Å². The lowest BCUT2D eigenvalue weighted by Crippen LogP contribution is -2.32. The number of aliphatic hydroxyl groups excluding tert-OH is 1. The summed E-state index contributed by atoms with van der Waals surface area (Å²) in [4.78, 5) is 2.05. The summed E-state index contributed by atoms with van der Waals surface area (Å²) >= 11 is 0. The van der Waals surface area contributed by atoms with Crippen molar-refractivity contribution >= 4 is 5.69 Å². The predicted octanol–water partition coefficient (Wildman–Crippen LogP) is 3.93. The van der Waals surface area contributed by atoms with Crippen LogP contribution in [0.2, 0.25) is 0 Å². The fourth-order valence-electron chi connectivity index (χ4n) is 3.32. The Balaban J connectivity index is 1.80. The summed E-state index contributed by atoms with van der Waals surface area (Å²) < 4.78 is 38.1. The van der Waals surface area contributed by atoms with Crippen molar-refractivity contribution in [1.82, 2.24) is 0 Å². The number of hydrogen-bond donors (Lipinski definition) is 1. The Hall–Kier alpha value is -2.52. The van der Waals surface area contributed by atoms with Crippen molar-refractivity contribution in [2.24, 2.45) is 0 Å². The first-order valence-electron chi connectivity index (χ1n) is 7.97. The summed E-state index contributed by atoms with van der Waals surface area (Å²) in [7, 11) is 0. The van der Waals surface area contributed by atoms with Gasteiger partial charge in [-0.25, -0.2) is 0 Å². The van der Waals surface area contributed by atoms with Gasteiger partial charge in [-0.1, -0.05) is 12.1 Å². The molecule has 2 atom stereocenters. The number of aliphatic hydroxyl groups is 1. The highest BCUT2D eigenvalue weighted by Crippen LogP contribution is 2.36. The van der Waals surface area contributed by atoms with E-state index in [1.54, 1.807) is 12.1 Å². The Morgan fingerprint density at radius 2 is 1.72 bits per heavy atom. The Kier molecular flexibility index (Phi) is 4.69. The van der Waals surface area contributed by atoms with Crippen molar-refractivity contribution in [3.63, 3.8) is 0 Å². The lowest BCUT2D eigenvalue weighted by atomic mass is 9.95. The van der Waals surface area contributed by atoms with Crippen LogP contribution in [0.15, 0.2) is 48.5 Å². The minimum atomic E-state index is -4.34. The molecule has 0 aromatic heterocycles. The molecule has 25 heavy (non-hydrogen) atoms. The molecule has 1 aliphatic heterocycles. The summed E-state index contributed by atoms with van der Waals surface area (Å²) in [6.45, 7) is 0.583. The zero-order valence-electron chi connectivity index (χ0n) is 13.4. The number of benzene rings is 2. The molecular formula is C19H17F3N2O. The molecule has 0 bridgehead atoms. The van der Waals surface area contributed by atoms with E-state index in [-0.39, 0.29) is 18.6 Å². The van der Waals surface area contributed by atoms with Gasteiger partial charge in [0, 0.05) is 18.2 Å². The molecule has 2 aromatic carbocycles. The quantitative estimate of drug-likeness (QED) is 0.916. The van der Waals surface area contributed by atoms with E-state index in [4.69, 9.17) is 5.26 Å². The molecule has 0 amide bonds. The lowest BCUT2D eigenvalue weighted by molar-refractivity contribution is -0.137. The molecule has 6 heteroatoms. The molecule has 3 rings (SSSR count). The summed E-state index contributed by atoms with van der Waals surface area (Å²) in [5.74, 6) is 0.0510. The van der Waals surface area contributed by atoms with Crippen LogP contribution in [0.1, 0.15) is 29.0 Å². The molecule has 1 aliphatic rings. The van der Waals surface area contributed by atoms with E-state index < -0.39 is 11.7 Å².